The number of thioether (sulfide) groups is 1. The van der Waals surface area contributed by atoms with Gasteiger partial charge in [-0.3, -0.25) is 14.4 Å². The van der Waals surface area contributed by atoms with Crippen LogP contribution in [0.15, 0.2) is 5.16 Å². The lowest BCUT2D eigenvalue weighted by Crippen LogP contribution is -2.46. The number of unbranched alkanes of at least 4 members (excludes halogenated alkanes) is 3. The zero-order valence-corrected chi connectivity index (χ0v) is 23.6. The van der Waals surface area contributed by atoms with E-state index in [9.17, 15) is 29.7 Å². The number of carboxylic acid groups (broad SMARTS) is 2. The molecule has 2 heterocycles. The van der Waals surface area contributed by atoms with Crippen molar-refractivity contribution in [2.24, 2.45) is 17.6 Å². The van der Waals surface area contributed by atoms with Gasteiger partial charge in [0.05, 0.1) is 12.1 Å². The van der Waals surface area contributed by atoms with Crippen molar-refractivity contribution in [1.29, 1.82) is 0 Å². The summed E-state index contributed by atoms with van der Waals surface area (Å²) in [4.78, 5) is 44.4. The second-order valence-corrected chi connectivity index (χ2v) is 11.2. The van der Waals surface area contributed by atoms with E-state index < -0.39 is 53.8 Å². The van der Waals surface area contributed by atoms with Gasteiger partial charge in [0.1, 0.15) is 23.8 Å². The summed E-state index contributed by atoms with van der Waals surface area (Å²) in [5.74, 6) is -5.18. The van der Waals surface area contributed by atoms with E-state index in [-0.39, 0.29) is 19.3 Å². The highest BCUT2D eigenvalue weighted by molar-refractivity contribution is 7.99. The van der Waals surface area contributed by atoms with Gasteiger partial charge < -0.3 is 31.5 Å². The van der Waals surface area contributed by atoms with Gasteiger partial charge in [0.25, 0.3) is 0 Å². The molecule has 1 fully saturated rings. The van der Waals surface area contributed by atoms with E-state index in [1.807, 2.05) is 0 Å². The Morgan fingerprint density at radius 1 is 1.07 bits per heavy atom. The molecule has 0 spiro atoms. The minimum absolute atomic E-state index is 0.0352. The van der Waals surface area contributed by atoms with E-state index in [1.165, 1.54) is 16.4 Å². The normalized spacial score (nSPS) is 22.3. The van der Waals surface area contributed by atoms with Crippen LogP contribution >= 0.6 is 11.8 Å². The first-order valence-electron chi connectivity index (χ1n) is 13.7. The van der Waals surface area contributed by atoms with E-state index in [4.69, 9.17) is 10.8 Å². The van der Waals surface area contributed by atoms with Gasteiger partial charge in [-0.2, -0.15) is 0 Å². The number of hydrogen-bond acceptors (Lipinski definition) is 12. The molecule has 7 N–H and O–H groups in total. The molecule has 0 saturated heterocycles. The Morgan fingerprint density at radius 3 is 2.48 bits per heavy atom. The van der Waals surface area contributed by atoms with Crippen molar-refractivity contribution >= 4 is 46.5 Å². The number of carbonyl (C=O) groups is 3. The lowest BCUT2D eigenvalue weighted by Gasteiger charge is -2.18. The van der Waals surface area contributed by atoms with Crippen LogP contribution in [0.4, 0.5) is 5.82 Å². The Kier molecular flexibility index (Phi) is 11.6. The lowest BCUT2D eigenvalue weighted by molar-refractivity contribution is -0.154. The fourth-order valence-corrected chi connectivity index (χ4v) is 5.61. The SMILES string of the molecule is CCCCCCNc1nc(SCCC)nc2c1nnn2C1CC(CCC(=O)C(C(=O)O)[C@H](N)C(=O)O)C(O)C1O. The van der Waals surface area contributed by atoms with Crippen molar-refractivity contribution in [3.63, 3.8) is 0 Å². The molecule has 1 saturated carbocycles. The van der Waals surface area contributed by atoms with Crippen LogP contribution in [0.3, 0.4) is 0 Å². The molecule has 2 aromatic heterocycles. The van der Waals surface area contributed by atoms with Crippen LogP contribution in [-0.2, 0) is 14.4 Å². The number of Topliss-reactive ketones (excluding diaryl/α,β-unsaturated/α-hetero) is 1. The molecule has 6 atom stereocenters. The third-order valence-corrected chi connectivity index (χ3v) is 8.22. The molecule has 15 heteroatoms. The highest BCUT2D eigenvalue weighted by atomic mass is 32.2. The Balaban J connectivity index is 1.79. The van der Waals surface area contributed by atoms with Crippen LogP contribution in [0.25, 0.3) is 11.2 Å². The molecule has 0 bridgehead atoms. The summed E-state index contributed by atoms with van der Waals surface area (Å²) >= 11 is 1.49. The lowest BCUT2D eigenvalue weighted by atomic mass is 9.89. The van der Waals surface area contributed by atoms with E-state index >= 15 is 0 Å². The first-order valence-corrected chi connectivity index (χ1v) is 14.7. The quantitative estimate of drug-likeness (QED) is 0.0673. The van der Waals surface area contributed by atoms with Crippen LogP contribution in [0.5, 0.6) is 0 Å². The predicted molar refractivity (Wildman–Crippen MR) is 147 cm³/mol. The van der Waals surface area contributed by atoms with Gasteiger partial charge in [-0.05, 0) is 31.6 Å². The van der Waals surface area contributed by atoms with Crippen LogP contribution in [0.1, 0.15) is 71.3 Å². The third-order valence-electron chi connectivity index (χ3n) is 7.17. The van der Waals surface area contributed by atoms with Crippen molar-refractivity contribution in [1.82, 2.24) is 25.0 Å². The third kappa shape index (κ3) is 7.44. The Bertz CT molecular complexity index is 1180. The first-order chi connectivity index (χ1) is 19.1. The zero-order chi connectivity index (χ0) is 29.4. The summed E-state index contributed by atoms with van der Waals surface area (Å²) in [7, 11) is 0. The second-order valence-electron chi connectivity index (χ2n) is 10.1. The molecule has 40 heavy (non-hydrogen) atoms. The molecule has 1 aliphatic carbocycles. The summed E-state index contributed by atoms with van der Waals surface area (Å²) in [6, 6.07) is -2.58. The van der Waals surface area contributed by atoms with E-state index in [1.54, 1.807) is 0 Å². The minimum atomic E-state index is -1.90. The van der Waals surface area contributed by atoms with Crippen molar-refractivity contribution < 1.29 is 34.8 Å². The molecule has 0 amide bonds. The molecule has 1 aliphatic rings. The summed E-state index contributed by atoms with van der Waals surface area (Å²) in [6.07, 6.45) is 2.74. The maximum atomic E-state index is 12.5. The molecule has 0 radical (unpaired) electrons. The Labute approximate surface area is 236 Å². The molecule has 0 aromatic carbocycles. The van der Waals surface area contributed by atoms with E-state index in [0.29, 0.717) is 28.7 Å². The van der Waals surface area contributed by atoms with Gasteiger partial charge in [0, 0.05) is 18.7 Å². The van der Waals surface area contributed by atoms with Crippen LogP contribution in [0, 0.1) is 11.8 Å². The first kappa shape index (κ1) is 31.6. The van der Waals surface area contributed by atoms with Crippen LogP contribution in [0.2, 0.25) is 0 Å². The summed E-state index contributed by atoms with van der Waals surface area (Å²) < 4.78 is 1.48. The number of nitrogens with two attached hydrogens (primary N) is 1. The van der Waals surface area contributed by atoms with Crippen molar-refractivity contribution in [3.8, 4) is 0 Å². The zero-order valence-electron chi connectivity index (χ0n) is 22.8. The summed E-state index contributed by atoms with van der Waals surface area (Å²) in [5, 5.41) is 52.4. The largest absolute Gasteiger partial charge is 0.481 e. The van der Waals surface area contributed by atoms with Crippen LogP contribution < -0.4 is 11.1 Å². The molecular weight excluding hydrogens is 542 g/mol. The minimum Gasteiger partial charge on any atom is -0.481 e. The highest BCUT2D eigenvalue weighted by Crippen LogP contribution is 2.39. The fraction of sp³-hybridized carbons (Fsp3) is 0.720. The number of ketones is 1. The number of aliphatic hydroxyl groups excluding tert-OH is 2. The molecule has 5 unspecified atom stereocenters. The van der Waals surface area contributed by atoms with Crippen LogP contribution in [-0.4, -0.2) is 93.7 Å². The number of aromatic nitrogens is 5. The van der Waals surface area contributed by atoms with Gasteiger partial charge in [-0.1, -0.05) is 50.1 Å². The average molecular weight is 582 g/mol. The molecular formula is C25H39N7O7S. The number of nitrogens with one attached hydrogen (secondary N) is 1. The van der Waals surface area contributed by atoms with E-state index in [0.717, 1.165) is 37.9 Å². The van der Waals surface area contributed by atoms with Crippen molar-refractivity contribution in [2.75, 3.05) is 17.6 Å². The number of aliphatic hydroxyl groups is 2. The molecule has 2 aromatic rings. The molecule has 0 aliphatic heterocycles. The maximum Gasteiger partial charge on any atom is 0.321 e. The fourth-order valence-electron chi connectivity index (χ4n) is 4.92. The summed E-state index contributed by atoms with van der Waals surface area (Å²) in [5.41, 5.74) is 6.27. The topological polar surface area (TPSA) is 227 Å². The molecule has 222 valence electrons. The maximum absolute atomic E-state index is 12.5. The predicted octanol–water partition coefficient (Wildman–Crippen LogP) is 1.46. The van der Waals surface area contributed by atoms with E-state index in [2.05, 4.69) is 39.4 Å². The van der Waals surface area contributed by atoms with Crippen molar-refractivity contribution in [2.45, 2.75) is 94.7 Å². The number of carbonyl (C=O) groups excluding carboxylic acids is 1. The number of aliphatic carboxylic acids is 2. The smallest absolute Gasteiger partial charge is 0.321 e. The van der Waals surface area contributed by atoms with Gasteiger partial charge in [0.2, 0.25) is 0 Å². The van der Waals surface area contributed by atoms with Gasteiger partial charge in [-0.25, -0.2) is 14.6 Å². The number of fused-ring (bicyclic) bond motifs is 1. The Hall–Kier alpha value is -2.88. The highest BCUT2D eigenvalue weighted by Gasteiger charge is 2.45. The second kappa shape index (κ2) is 14.7. The van der Waals surface area contributed by atoms with Crippen molar-refractivity contribution in [3.05, 3.63) is 0 Å². The number of hydrogen-bond donors (Lipinski definition) is 6. The number of anilines is 1. The number of nitrogens with zero attached hydrogens (tertiary/aromatic N) is 5. The molecule has 3 rings (SSSR count). The number of carboxylic acids is 2. The summed E-state index contributed by atoms with van der Waals surface area (Å²) in [6.45, 7) is 4.91. The molecule has 14 nitrogen and oxygen atoms in total. The van der Waals surface area contributed by atoms with Gasteiger partial charge in [0.15, 0.2) is 22.1 Å². The average Bonchev–Trinajstić information content (AvgIpc) is 3.46. The monoisotopic (exact) mass is 581 g/mol. The van der Waals surface area contributed by atoms with Gasteiger partial charge >= 0.3 is 11.9 Å². The standard InChI is InChI=1S/C25H39N7O7S/c1-3-5-6-7-10-27-21-18-22(29-25(28-21)40-11-4-2)32(31-30-18)14-12-13(19(34)20(14)35)8-9-15(33)16(23(36)37)17(26)24(38)39/h13-14,16-17,19-20,34-35H,3-12,26H2,1-2H3,(H,36,37)(H,38,39)(H,27,28,29)/t13?,14?,16?,17-,19?,20?/m0/s1. The Morgan fingerprint density at radius 2 is 1.82 bits per heavy atom. The van der Waals surface area contributed by atoms with Gasteiger partial charge in [-0.15, -0.1) is 5.10 Å². The number of rotatable bonds is 17.